The van der Waals surface area contributed by atoms with Crippen LogP contribution < -0.4 is 5.32 Å². The van der Waals surface area contributed by atoms with Gasteiger partial charge in [0.25, 0.3) is 11.6 Å². The molecule has 0 aliphatic heterocycles. The van der Waals surface area contributed by atoms with Gasteiger partial charge in [0.2, 0.25) is 0 Å². The van der Waals surface area contributed by atoms with Gasteiger partial charge in [-0.3, -0.25) is 14.9 Å². The summed E-state index contributed by atoms with van der Waals surface area (Å²) in [6, 6.07) is 3.82. The average molecular weight is 285 g/mol. The molecule has 0 aromatic heterocycles. The molecular formula is C13H17ClN2O3. The maximum absolute atomic E-state index is 12.0. The van der Waals surface area contributed by atoms with Crippen LogP contribution in [0.25, 0.3) is 0 Å². The Labute approximate surface area is 117 Å². The van der Waals surface area contributed by atoms with Crippen molar-refractivity contribution in [3.63, 3.8) is 0 Å². The van der Waals surface area contributed by atoms with Gasteiger partial charge in [-0.25, -0.2) is 0 Å². The third-order valence-electron chi connectivity index (χ3n) is 2.61. The molecule has 5 nitrogen and oxygen atoms in total. The van der Waals surface area contributed by atoms with Crippen LogP contribution in [0.4, 0.5) is 5.69 Å². The van der Waals surface area contributed by atoms with Gasteiger partial charge in [0.1, 0.15) is 0 Å². The lowest BCUT2D eigenvalue weighted by Gasteiger charge is -2.16. The lowest BCUT2D eigenvalue weighted by Crippen LogP contribution is -2.33. The highest BCUT2D eigenvalue weighted by Gasteiger charge is 2.17. The predicted molar refractivity (Wildman–Crippen MR) is 74.5 cm³/mol. The summed E-state index contributed by atoms with van der Waals surface area (Å²) >= 11 is 5.90. The number of rotatable bonds is 5. The van der Waals surface area contributed by atoms with Gasteiger partial charge in [-0.1, -0.05) is 25.4 Å². The molecule has 0 spiro atoms. The van der Waals surface area contributed by atoms with Crippen molar-refractivity contribution >= 4 is 23.2 Å². The quantitative estimate of drug-likeness (QED) is 0.665. The fourth-order valence-electron chi connectivity index (χ4n) is 1.87. The van der Waals surface area contributed by atoms with Crippen molar-refractivity contribution in [1.29, 1.82) is 0 Å². The van der Waals surface area contributed by atoms with Gasteiger partial charge in [0.05, 0.1) is 15.5 Å². The molecule has 6 heteroatoms. The second kappa shape index (κ2) is 6.52. The van der Waals surface area contributed by atoms with Crippen LogP contribution in [-0.2, 0) is 0 Å². The summed E-state index contributed by atoms with van der Waals surface area (Å²) in [6.07, 6.45) is 0.832. The lowest BCUT2D eigenvalue weighted by molar-refractivity contribution is -0.384. The third-order valence-corrected chi connectivity index (χ3v) is 2.94. The Balaban J connectivity index is 2.87. The third kappa shape index (κ3) is 4.52. The second-order valence-corrected chi connectivity index (χ2v) is 5.33. The van der Waals surface area contributed by atoms with Crippen LogP contribution in [0.1, 0.15) is 37.6 Å². The highest BCUT2D eigenvalue weighted by Crippen LogP contribution is 2.22. The van der Waals surface area contributed by atoms with Crippen molar-refractivity contribution in [2.24, 2.45) is 5.92 Å². The van der Waals surface area contributed by atoms with E-state index in [0.717, 1.165) is 6.42 Å². The largest absolute Gasteiger partial charge is 0.350 e. The van der Waals surface area contributed by atoms with E-state index in [1.165, 1.54) is 18.2 Å². The molecule has 0 aliphatic rings. The SMILES string of the molecule is CC(C)CC(C)NC(=O)c1cc([N+](=O)[O-])ccc1Cl. The number of halogens is 1. The summed E-state index contributed by atoms with van der Waals surface area (Å²) in [5.74, 6) is 0.0673. The number of hydrogen-bond acceptors (Lipinski definition) is 3. The molecule has 0 aliphatic carbocycles. The number of carbonyl (C=O) groups is 1. The smallest absolute Gasteiger partial charge is 0.270 e. The van der Waals surface area contributed by atoms with Crippen molar-refractivity contribution in [1.82, 2.24) is 5.32 Å². The number of non-ortho nitro benzene ring substituents is 1. The average Bonchev–Trinajstić information content (AvgIpc) is 2.27. The molecule has 104 valence electrons. The molecule has 0 saturated heterocycles. The normalized spacial score (nSPS) is 12.3. The van der Waals surface area contributed by atoms with Crippen LogP contribution in [0.5, 0.6) is 0 Å². The molecule has 0 bridgehead atoms. The van der Waals surface area contributed by atoms with E-state index in [1.54, 1.807) is 0 Å². The van der Waals surface area contributed by atoms with Gasteiger partial charge in [0, 0.05) is 18.2 Å². The van der Waals surface area contributed by atoms with Crippen LogP contribution in [-0.4, -0.2) is 16.9 Å². The maximum atomic E-state index is 12.0. The van der Waals surface area contributed by atoms with E-state index in [9.17, 15) is 14.9 Å². The molecular weight excluding hydrogens is 268 g/mol. The van der Waals surface area contributed by atoms with Crippen LogP contribution in [0.3, 0.4) is 0 Å². The standard InChI is InChI=1S/C13H17ClN2O3/c1-8(2)6-9(3)15-13(17)11-7-10(16(18)19)4-5-12(11)14/h4-5,7-9H,6H2,1-3H3,(H,15,17). The highest BCUT2D eigenvalue weighted by atomic mass is 35.5. The Bertz CT molecular complexity index is 489. The van der Waals surface area contributed by atoms with Gasteiger partial charge in [0.15, 0.2) is 0 Å². The van der Waals surface area contributed by atoms with Crippen LogP contribution >= 0.6 is 11.6 Å². The molecule has 1 aromatic carbocycles. The summed E-state index contributed by atoms with van der Waals surface area (Å²) in [5, 5.41) is 13.7. The van der Waals surface area contributed by atoms with E-state index < -0.39 is 4.92 Å². The summed E-state index contributed by atoms with van der Waals surface area (Å²) < 4.78 is 0. The Morgan fingerprint density at radius 3 is 2.58 bits per heavy atom. The molecule has 0 fully saturated rings. The van der Waals surface area contributed by atoms with Gasteiger partial charge in [-0.15, -0.1) is 0 Å². The first kappa shape index (κ1) is 15.4. The summed E-state index contributed by atoms with van der Waals surface area (Å²) in [4.78, 5) is 22.1. The zero-order valence-electron chi connectivity index (χ0n) is 11.1. The number of nitro benzene ring substituents is 1. The minimum absolute atomic E-state index is 0.0113. The molecule has 1 rings (SSSR count). The maximum Gasteiger partial charge on any atom is 0.270 e. The molecule has 1 unspecified atom stereocenters. The van der Waals surface area contributed by atoms with Gasteiger partial charge in [-0.2, -0.15) is 0 Å². The number of benzene rings is 1. The fourth-order valence-corrected chi connectivity index (χ4v) is 2.07. The summed E-state index contributed by atoms with van der Waals surface area (Å²) in [7, 11) is 0. The number of hydrogen-bond donors (Lipinski definition) is 1. The van der Waals surface area contributed by atoms with Gasteiger partial charge < -0.3 is 5.32 Å². The van der Waals surface area contributed by atoms with Crippen molar-refractivity contribution in [3.05, 3.63) is 38.9 Å². The Hall–Kier alpha value is -1.62. The van der Waals surface area contributed by atoms with E-state index >= 15 is 0 Å². The minimum atomic E-state index is -0.551. The molecule has 0 radical (unpaired) electrons. The molecule has 19 heavy (non-hydrogen) atoms. The van der Waals surface area contributed by atoms with E-state index in [4.69, 9.17) is 11.6 Å². The lowest BCUT2D eigenvalue weighted by atomic mass is 10.0. The van der Waals surface area contributed by atoms with Crippen LogP contribution in [0, 0.1) is 16.0 Å². The summed E-state index contributed by atoms with van der Waals surface area (Å²) in [5.41, 5.74) is -0.0162. The predicted octanol–water partition coefficient (Wildman–Crippen LogP) is 3.41. The highest BCUT2D eigenvalue weighted by molar-refractivity contribution is 6.33. The van der Waals surface area contributed by atoms with Crippen LogP contribution in [0.15, 0.2) is 18.2 Å². The van der Waals surface area contributed by atoms with E-state index in [-0.39, 0.29) is 28.2 Å². The first-order valence-electron chi connectivity index (χ1n) is 6.06. The van der Waals surface area contributed by atoms with E-state index in [0.29, 0.717) is 5.92 Å². The molecule has 1 aromatic rings. The molecule has 1 amide bonds. The van der Waals surface area contributed by atoms with E-state index in [2.05, 4.69) is 19.2 Å². The topological polar surface area (TPSA) is 72.2 Å². The minimum Gasteiger partial charge on any atom is -0.350 e. The van der Waals surface area contributed by atoms with Crippen molar-refractivity contribution in [3.8, 4) is 0 Å². The fraction of sp³-hybridized carbons (Fsp3) is 0.462. The number of nitrogens with zero attached hydrogens (tertiary/aromatic N) is 1. The second-order valence-electron chi connectivity index (χ2n) is 4.93. The number of amides is 1. The van der Waals surface area contributed by atoms with Crippen molar-refractivity contribution in [2.75, 3.05) is 0 Å². The number of carbonyl (C=O) groups excluding carboxylic acids is 1. The van der Waals surface area contributed by atoms with Crippen molar-refractivity contribution < 1.29 is 9.72 Å². The van der Waals surface area contributed by atoms with Crippen LogP contribution in [0.2, 0.25) is 5.02 Å². The molecule has 1 atom stereocenters. The number of nitrogens with one attached hydrogen (secondary N) is 1. The summed E-state index contributed by atoms with van der Waals surface area (Å²) in [6.45, 7) is 6.01. The van der Waals surface area contributed by atoms with Crippen molar-refractivity contribution in [2.45, 2.75) is 33.2 Å². The Morgan fingerprint density at radius 1 is 1.42 bits per heavy atom. The van der Waals surface area contributed by atoms with Gasteiger partial charge >= 0.3 is 0 Å². The molecule has 1 N–H and O–H groups in total. The van der Waals surface area contributed by atoms with Gasteiger partial charge in [-0.05, 0) is 25.3 Å². The van der Waals surface area contributed by atoms with E-state index in [1.807, 2.05) is 6.92 Å². The zero-order chi connectivity index (χ0) is 14.6. The first-order chi connectivity index (χ1) is 8.81. The zero-order valence-corrected chi connectivity index (χ0v) is 11.9. The molecule has 0 saturated carbocycles. The Kier molecular flexibility index (Phi) is 5.30. The number of nitro groups is 1. The Morgan fingerprint density at radius 2 is 2.05 bits per heavy atom. The molecule has 0 heterocycles. The first-order valence-corrected chi connectivity index (χ1v) is 6.44. The monoisotopic (exact) mass is 284 g/mol.